The van der Waals surface area contributed by atoms with Gasteiger partial charge in [-0.25, -0.2) is 0 Å². The van der Waals surface area contributed by atoms with E-state index < -0.39 is 0 Å². The van der Waals surface area contributed by atoms with Gasteiger partial charge in [-0.3, -0.25) is 0 Å². The van der Waals surface area contributed by atoms with Gasteiger partial charge in [0.05, 0.1) is 0 Å². The van der Waals surface area contributed by atoms with Crippen LogP contribution >= 0.6 is 0 Å². The first-order chi connectivity index (χ1) is 6.00. The second kappa shape index (κ2) is 272. The summed E-state index contributed by atoms with van der Waals surface area (Å²) in [6.45, 7) is 28.5. The van der Waals surface area contributed by atoms with Gasteiger partial charge < -0.3 is 71.0 Å². The van der Waals surface area contributed by atoms with E-state index in [1.807, 2.05) is 0 Å². The molecule has 0 saturated carbocycles. The molecule has 0 aliphatic heterocycles. The average molecular weight is 264 g/mol. The molecule has 0 unspecified atom stereocenters. The molecular formula is C6CrFeN6. The van der Waals surface area contributed by atoms with Gasteiger partial charge in [-0.15, -0.1) is 0 Å². The fraction of sp³-hybridized carbons (Fsp3) is 0. The van der Waals surface area contributed by atoms with Crippen molar-refractivity contribution in [2.75, 3.05) is 0 Å². The van der Waals surface area contributed by atoms with Crippen LogP contribution in [0, 0.1) is 71.0 Å². The summed E-state index contributed by atoms with van der Waals surface area (Å²) in [7, 11) is 0. The molecular weight excluding hydrogens is 264 g/mol. The van der Waals surface area contributed by atoms with E-state index in [-0.39, 0.29) is 34.4 Å². The Morgan fingerprint density at radius 2 is 0.357 bits per heavy atom. The van der Waals surface area contributed by atoms with Crippen molar-refractivity contribution in [3.8, 4) is 0 Å². The molecule has 0 atom stereocenters. The number of hydrogen-bond donors (Lipinski definition) is 0. The number of hydrogen-bond acceptors (Lipinski definition) is 6. The van der Waals surface area contributed by atoms with Crippen LogP contribution in [0.25, 0.3) is 0 Å². The van der Waals surface area contributed by atoms with Crippen LogP contribution in [-0.4, -0.2) is 0 Å². The molecule has 0 radical (unpaired) electrons. The molecule has 0 aromatic carbocycles. The third-order valence-electron chi connectivity index (χ3n) is 0. The largest absolute Gasteiger partial charge is 4.00 e. The van der Waals surface area contributed by atoms with Crippen molar-refractivity contribution in [1.82, 2.24) is 0 Å². The molecule has 0 bridgehead atoms. The van der Waals surface area contributed by atoms with E-state index in [1.165, 1.54) is 0 Å². The summed E-state index contributed by atoms with van der Waals surface area (Å²) >= 11 is 0. The van der Waals surface area contributed by atoms with Crippen LogP contribution in [0.5, 0.6) is 0 Å². The van der Waals surface area contributed by atoms with Gasteiger partial charge in [0.25, 0.3) is 0 Å². The quantitative estimate of drug-likeness (QED) is 0.462. The topological polar surface area (TPSA) is 143 Å². The summed E-state index contributed by atoms with van der Waals surface area (Å²) in [5, 5.41) is 37.5. The van der Waals surface area contributed by atoms with Crippen LogP contribution in [-0.2, 0) is 34.4 Å². The van der Waals surface area contributed by atoms with Crippen molar-refractivity contribution in [2.45, 2.75) is 0 Å². The zero-order chi connectivity index (χ0) is 12.0. The van der Waals surface area contributed by atoms with Crippen molar-refractivity contribution in [1.29, 1.82) is 31.6 Å². The predicted octanol–water partition coefficient (Wildman–Crippen LogP) is 0.573. The summed E-state index contributed by atoms with van der Waals surface area (Å²) in [6.07, 6.45) is 0. The summed E-state index contributed by atoms with van der Waals surface area (Å²) < 4.78 is 0. The van der Waals surface area contributed by atoms with Crippen LogP contribution in [0.1, 0.15) is 0 Å². The minimum atomic E-state index is 0. The molecule has 0 fully saturated rings. The molecule has 0 spiro atoms. The molecule has 0 aliphatic carbocycles. The van der Waals surface area contributed by atoms with E-state index >= 15 is 0 Å². The van der Waals surface area contributed by atoms with Gasteiger partial charge in [0, 0.05) is 0 Å². The fourth-order valence-electron chi connectivity index (χ4n) is 0. The summed E-state index contributed by atoms with van der Waals surface area (Å²) in [5.41, 5.74) is 0. The molecule has 8 heteroatoms. The van der Waals surface area contributed by atoms with Crippen molar-refractivity contribution < 1.29 is 34.4 Å². The summed E-state index contributed by atoms with van der Waals surface area (Å²) in [4.78, 5) is 0. The first-order valence-electron chi connectivity index (χ1n) is 1.34. The Hall–Kier alpha value is -2.01. The van der Waals surface area contributed by atoms with Crippen LogP contribution in [0.3, 0.4) is 0 Å². The molecule has 0 aromatic rings. The third-order valence-corrected chi connectivity index (χ3v) is 0. The van der Waals surface area contributed by atoms with Gasteiger partial charge in [0.1, 0.15) is 0 Å². The molecule has 14 heavy (non-hydrogen) atoms. The molecule has 68 valence electrons. The SMILES string of the molecule is [C-]#N.[C-]#N.[C-]#N.[C-]#N.[C-]#N.[C-]#N.[Cr+4].[Fe+2]. The Labute approximate surface area is 105 Å². The van der Waals surface area contributed by atoms with Crippen LogP contribution < -0.4 is 0 Å². The standard InChI is InChI=1S/6CN.Cr.Fe/c6*1-2;;/q6*-1;+4;+2. The monoisotopic (exact) mass is 264 g/mol. The first-order valence-corrected chi connectivity index (χ1v) is 1.34. The molecule has 0 N–H and O–H groups in total. The minimum absolute atomic E-state index is 0. The van der Waals surface area contributed by atoms with E-state index in [2.05, 4.69) is 0 Å². The molecule has 0 aliphatic rings. The van der Waals surface area contributed by atoms with Gasteiger partial charge in [-0.2, -0.15) is 0 Å². The second-order valence-corrected chi connectivity index (χ2v) is 0. The second-order valence-electron chi connectivity index (χ2n) is 0. The molecule has 0 heterocycles. The van der Waals surface area contributed by atoms with E-state index in [4.69, 9.17) is 71.0 Å². The smallest absolute Gasteiger partial charge is 0.512 e. The van der Waals surface area contributed by atoms with Gasteiger partial charge in [-0.05, 0) is 0 Å². The Balaban J connectivity index is -0.00000000500. The van der Waals surface area contributed by atoms with Crippen LogP contribution in [0.15, 0.2) is 0 Å². The number of rotatable bonds is 0. The van der Waals surface area contributed by atoms with E-state index in [0.717, 1.165) is 0 Å². The van der Waals surface area contributed by atoms with Gasteiger partial charge in [0.15, 0.2) is 0 Å². The van der Waals surface area contributed by atoms with E-state index in [1.54, 1.807) is 0 Å². The molecule has 0 aromatic heterocycles. The van der Waals surface area contributed by atoms with Gasteiger partial charge >= 0.3 is 34.4 Å². The Bertz CT molecular complexity index is 97.3. The van der Waals surface area contributed by atoms with Crippen molar-refractivity contribution in [2.24, 2.45) is 0 Å². The fourth-order valence-corrected chi connectivity index (χ4v) is 0. The van der Waals surface area contributed by atoms with Crippen LogP contribution in [0.4, 0.5) is 0 Å². The van der Waals surface area contributed by atoms with E-state index in [9.17, 15) is 0 Å². The van der Waals surface area contributed by atoms with Crippen LogP contribution in [0.2, 0.25) is 0 Å². The summed E-state index contributed by atoms with van der Waals surface area (Å²) in [5.74, 6) is 0. The van der Waals surface area contributed by atoms with Gasteiger partial charge in [-0.1, -0.05) is 0 Å². The maximum atomic E-state index is 6.25. The minimum Gasteiger partial charge on any atom is -0.512 e. The van der Waals surface area contributed by atoms with Gasteiger partial charge in [0.2, 0.25) is 0 Å². The normalized spacial score (nSPS) is 0.857. The maximum Gasteiger partial charge on any atom is 4.00 e. The Morgan fingerprint density at radius 1 is 0.357 bits per heavy atom. The zero-order valence-corrected chi connectivity index (χ0v) is 8.82. The first kappa shape index (κ1) is 90.9. The Kier molecular flexibility index (Phi) is 1770. The molecule has 6 nitrogen and oxygen atoms in total. The number of nitrogens with zero attached hydrogens (tertiary/aromatic N) is 6. The maximum absolute atomic E-state index is 6.25. The van der Waals surface area contributed by atoms with Crippen molar-refractivity contribution in [3.63, 3.8) is 0 Å². The van der Waals surface area contributed by atoms with E-state index in [0.29, 0.717) is 0 Å². The summed E-state index contributed by atoms with van der Waals surface area (Å²) in [6, 6.07) is 0. The molecule has 0 amide bonds. The Morgan fingerprint density at radius 3 is 0.357 bits per heavy atom. The van der Waals surface area contributed by atoms with Crippen molar-refractivity contribution >= 4 is 0 Å². The zero-order valence-electron chi connectivity index (χ0n) is 6.45. The average Bonchev–Trinajstić information content (AvgIpc) is 2.33. The third kappa shape index (κ3) is 200. The predicted molar refractivity (Wildman–Crippen MR) is 29.8 cm³/mol. The van der Waals surface area contributed by atoms with Crippen molar-refractivity contribution in [3.05, 3.63) is 39.4 Å². The molecule has 0 rings (SSSR count). The molecule has 0 saturated heterocycles.